The van der Waals surface area contributed by atoms with Crippen LogP contribution in [0.1, 0.15) is 33.1 Å². The Hall–Kier alpha value is 0.320. The Morgan fingerprint density at radius 3 is 2.18 bits per heavy atom. The van der Waals surface area contributed by atoms with Crippen molar-refractivity contribution in [2.75, 3.05) is 0 Å². The van der Waals surface area contributed by atoms with E-state index in [0.29, 0.717) is 0 Å². The molecule has 0 atom stereocenters. The summed E-state index contributed by atoms with van der Waals surface area (Å²) < 4.78 is 13.7. The predicted octanol–water partition coefficient (Wildman–Crippen LogP) is -1.47. The molecular weight excluding hydrogens is 258 g/mol. The number of phosphoric acid groups is 1. The monoisotopic (exact) mass is 276 g/mol. The van der Waals surface area contributed by atoms with Gasteiger partial charge in [-0.15, -0.1) is 12.5 Å². The van der Waals surface area contributed by atoms with Crippen molar-refractivity contribution in [3.8, 4) is 0 Å². The molecule has 0 bridgehead atoms. The SMILES string of the molecule is C=CC(=O)O[C-](C)CCCC.O=P(O)(O)O.[Na+]. The van der Waals surface area contributed by atoms with Crippen molar-refractivity contribution in [1.82, 2.24) is 0 Å². The molecule has 0 unspecified atom stereocenters. The molecule has 0 rings (SSSR count). The van der Waals surface area contributed by atoms with Crippen LogP contribution in [0.15, 0.2) is 12.7 Å². The quantitative estimate of drug-likeness (QED) is 0.186. The topological polar surface area (TPSA) is 104 Å². The zero-order valence-corrected chi connectivity index (χ0v) is 13.3. The minimum atomic E-state index is -4.64. The van der Waals surface area contributed by atoms with Gasteiger partial charge in [-0.2, -0.15) is 6.92 Å². The van der Waals surface area contributed by atoms with Gasteiger partial charge < -0.3 is 19.4 Å². The molecule has 0 amide bonds. The van der Waals surface area contributed by atoms with Crippen molar-refractivity contribution in [2.45, 2.75) is 33.1 Å². The average molecular weight is 276 g/mol. The van der Waals surface area contributed by atoms with Crippen LogP contribution in [-0.4, -0.2) is 20.6 Å². The summed E-state index contributed by atoms with van der Waals surface area (Å²) in [6, 6.07) is 0. The third-order valence-corrected chi connectivity index (χ3v) is 1.32. The Labute approximate surface area is 124 Å². The summed E-state index contributed by atoms with van der Waals surface area (Å²) in [6.45, 7) is 7.22. The summed E-state index contributed by atoms with van der Waals surface area (Å²) in [5, 5.41) is 0. The maximum Gasteiger partial charge on any atom is 1.00 e. The van der Waals surface area contributed by atoms with Gasteiger partial charge in [0, 0.05) is 6.08 Å². The first-order valence-corrected chi connectivity index (χ1v) is 6.22. The van der Waals surface area contributed by atoms with Crippen LogP contribution in [0.2, 0.25) is 0 Å². The maximum absolute atomic E-state index is 10.6. The molecule has 96 valence electrons. The second-order valence-electron chi connectivity index (χ2n) is 2.94. The summed E-state index contributed by atoms with van der Waals surface area (Å²) in [7, 11) is -4.64. The molecule has 0 aliphatic heterocycles. The summed E-state index contributed by atoms with van der Waals surface area (Å²) in [5.41, 5.74) is 0. The number of carbonyl (C=O) groups excluding carboxylic acids is 1. The molecule has 0 saturated carbocycles. The second-order valence-corrected chi connectivity index (χ2v) is 3.97. The molecule has 0 aliphatic rings. The molecule has 0 aromatic carbocycles. The Bertz CT molecular complexity index is 244. The number of rotatable bonds is 5. The molecule has 0 saturated heterocycles. The third kappa shape index (κ3) is 31.4. The van der Waals surface area contributed by atoms with E-state index in [4.69, 9.17) is 24.0 Å². The van der Waals surface area contributed by atoms with Crippen LogP contribution >= 0.6 is 7.82 Å². The zero-order chi connectivity index (χ0) is 13.2. The summed E-state index contributed by atoms with van der Waals surface area (Å²) in [4.78, 5) is 32.2. The van der Waals surface area contributed by atoms with Crippen LogP contribution in [-0.2, 0) is 14.1 Å². The summed E-state index contributed by atoms with van der Waals surface area (Å²) >= 11 is 0. The Morgan fingerprint density at radius 1 is 1.47 bits per heavy atom. The van der Waals surface area contributed by atoms with Crippen molar-refractivity contribution < 1.29 is 58.3 Å². The van der Waals surface area contributed by atoms with E-state index in [1.165, 1.54) is 6.08 Å². The van der Waals surface area contributed by atoms with Gasteiger partial charge in [-0.25, -0.2) is 9.36 Å². The number of hydrogen-bond donors (Lipinski definition) is 3. The van der Waals surface area contributed by atoms with Crippen molar-refractivity contribution in [3.63, 3.8) is 0 Å². The third-order valence-electron chi connectivity index (χ3n) is 1.32. The van der Waals surface area contributed by atoms with E-state index < -0.39 is 7.82 Å². The molecule has 8 heteroatoms. The molecule has 0 aromatic heterocycles. The van der Waals surface area contributed by atoms with E-state index in [-0.39, 0.29) is 35.5 Å². The van der Waals surface area contributed by atoms with E-state index in [9.17, 15) is 4.79 Å². The van der Waals surface area contributed by atoms with Crippen LogP contribution in [0.3, 0.4) is 0 Å². The van der Waals surface area contributed by atoms with Crippen LogP contribution in [0.4, 0.5) is 0 Å². The minimum Gasteiger partial charge on any atom is -0.631 e. The van der Waals surface area contributed by atoms with Gasteiger partial charge >= 0.3 is 37.4 Å². The number of esters is 1. The predicted molar refractivity (Wildman–Crippen MR) is 59.0 cm³/mol. The van der Waals surface area contributed by atoms with E-state index >= 15 is 0 Å². The van der Waals surface area contributed by atoms with Gasteiger partial charge in [-0.3, -0.25) is 0 Å². The van der Waals surface area contributed by atoms with E-state index in [2.05, 4.69) is 13.5 Å². The maximum atomic E-state index is 10.6. The smallest absolute Gasteiger partial charge is 0.631 e. The average Bonchev–Trinajstić information content (AvgIpc) is 2.11. The molecule has 0 fully saturated rings. The second kappa shape index (κ2) is 12.8. The van der Waals surface area contributed by atoms with E-state index in [1.54, 1.807) is 0 Å². The van der Waals surface area contributed by atoms with Gasteiger partial charge in [0.05, 0.1) is 0 Å². The molecule has 0 radical (unpaired) electrons. The fourth-order valence-electron chi connectivity index (χ4n) is 0.690. The van der Waals surface area contributed by atoms with E-state index in [1.807, 2.05) is 6.92 Å². The number of hydrogen-bond acceptors (Lipinski definition) is 3. The van der Waals surface area contributed by atoms with Crippen LogP contribution in [0.25, 0.3) is 0 Å². The Morgan fingerprint density at radius 2 is 1.88 bits per heavy atom. The van der Waals surface area contributed by atoms with Crippen molar-refractivity contribution in [1.29, 1.82) is 0 Å². The zero-order valence-electron chi connectivity index (χ0n) is 10.4. The van der Waals surface area contributed by atoms with Gasteiger partial charge in [-0.05, 0) is 0 Å². The molecule has 0 aliphatic carbocycles. The number of carbonyl (C=O) groups is 1. The fourth-order valence-corrected chi connectivity index (χ4v) is 0.690. The van der Waals surface area contributed by atoms with Gasteiger partial charge in [0.25, 0.3) is 5.97 Å². The van der Waals surface area contributed by atoms with Gasteiger partial charge in [-0.1, -0.05) is 26.3 Å². The summed E-state index contributed by atoms with van der Waals surface area (Å²) in [6.07, 6.45) is 4.99. The Balaban J connectivity index is -0.000000280. The molecule has 0 heterocycles. The number of unbranched alkanes of at least 4 members (excludes halogenated alkanes) is 1. The fraction of sp³-hybridized carbons (Fsp3) is 0.556. The van der Waals surface area contributed by atoms with Crippen LogP contribution in [0.5, 0.6) is 0 Å². The normalized spacial score (nSPS) is 9.76. The first-order valence-electron chi connectivity index (χ1n) is 4.65. The standard InChI is InChI=1S/C9H15O2.Na.H3O4P/c1-4-6-7-8(3)11-9(10)5-2;;1-5(2,3)4/h5H,2,4,6-7H2,1,3H3;;(H3,1,2,3,4)/q-1;+1;. The summed E-state index contributed by atoms with van der Waals surface area (Å²) in [5.74, 6) is -0.362. The number of ether oxygens (including phenoxy) is 1. The van der Waals surface area contributed by atoms with Gasteiger partial charge in [0.1, 0.15) is 0 Å². The first-order chi connectivity index (χ1) is 7.20. The molecular formula is C9H18NaO6P. The largest absolute Gasteiger partial charge is 1.00 e. The van der Waals surface area contributed by atoms with Gasteiger partial charge in [0.2, 0.25) is 0 Å². The van der Waals surface area contributed by atoms with Crippen molar-refractivity contribution in [3.05, 3.63) is 18.8 Å². The minimum absolute atomic E-state index is 0. The first kappa shape index (κ1) is 22.5. The van der Waals surface area contributed by atoms with Crippen LogP contribution in [0, 0.1) is 6.10 Å². The molecule has 0 aromatic rings. The van der Waals surface area contributed by atoms with Gasteiger partial charge in [0.15, 0.2) is 0 Å². The Kier molecular flexibility index (Phi) is 16.9. The molecule has 6 nitrogen and oxygen atoms in total. The van der Waals surface area contributed by atoms with Crippen molar-refractivity contribution in [2.24, 2.45) is 0 Å². The van der Waals surface area contributed by atoms with Crippen LogP contribution < -0.4 is 29.6 Å². The molecule has 17 heavy (non-hydrogen) atoms. The molecule has 3 N–H and O–H groups in total. The van der Waals surface area contributed by atoms with Crippen molar-refractivity contribution >= 4 is 13.8 Å². The van der Waals surface area contributed by atoms with E-state index in [0.717, 1.165) is 25.4 Å². The molecule has 0 spiro atoms.